The summed E-state index contributed by atoms with van der Waals surface area (Å²) >= 11 is 0. The van der Waals surface area contributed by atoms with Crippen LogP contribution in [-0.2, 0) is 19.5 Å². The van der Waals surface area contributed by atoms with Gasteiger partial charge in [-0.25, -0.2) is 18.2 Å². The highest BCUT2D eigenvalue weighted by atomic mass is 19.2. The summed E-state index contributed by atoms with van der Waals surface area (Å²) in [5.74, 6) is -3.38. The molecule has 1 aliphatic heterocycles. The lowest BCUT2D eigenvalue weighted by atomic mass is 10.0. The van der Waals surface area contributed by atoms with Crippen LogP contribution in [-0.4, -0.2) is 21.4 Å². The zero-order valence-corrected chi connectivity index (χ0v) is 14.3. The first-order chi connectivity index (χ1) is 13.0. The predicted molar refractivity (Wildman–Crippen MR) is 94.4 cm³/mol. The molecule has 0 atom stereocenters. The van der Waals surface area contributed by atoms with E-state index in [4.69, 9.17) is 0 Å². The van der Waals surface area contributed by atoms with E-state index in [1.54, 1.807) is 0 Å². The molecule has 0 unspecified atom stereocenters. The summed E-state index contributed by atoms with van der Waals surface area (Å²) in [6.45, 7) is 0.941. The highest BCUT2D eigenvalue weighted by Gasteiger charge is 2.23. The molecule has 1 aliphatic rings. The monoisotopic (exact) mass is 371 g/mol. The zero-order valence-electron chi connectivity index (χ0n) is 14.3. The average Bonchev–Trinajstić information content (AvgIpc) is 2.69. The number of nitrogens with zero attached hydrogens (tertiary/aromatic N) is 2. The van der Waals surface area contributed by atoms with Crippen molar-refractivity contribution in [3.8, 4) is 11.4 Å². The van der Waals surface area contributed by atoms with Crippen molar-refractivity contribution < 1.29 is 13.2 Å². The third-order valence-electron chi connectivity index (χ3n) is 4.71. The summed E-state index contributed by atoms with van der Waals surface area (Å²) < 4.78 is 40.5. The Bertz CT molecular complexity index is 1050. The molecule has 1 aromatic heterocycles. The van der Waals surface area contributed by atoms with Gasteiger partial charge in [-0.05, 0) is 12.5 Å². The second-order valence-electron chi connectivity index (χ2n) is 6.50. The van der Waals surface area contributed by atoms with Gasteiger partial charge in [-0.1, -0.05) is 36.4 Å². The van der Waals surface area contributed by atoms with Crippen molar-refractivity contribution in [3.05, 3.63) is 87.1 Å². The molecule has 0 saturated carbocycles. The number of aromatic nitrogens is 2. The minimum Gasteiger partial charge on any atom is -0.306 e. The Kier molecular flexibility index (Phi) is 4.53. The Morgan fingerprint density at radius 3 is 2.59 bits per heavy atom. The molecule has 2 aromatic carbocycles. The normalized spacial score (nSPS) is 14.2. The van der Waals surface area contributed by atoms with Gasteiger partial charge in [0.05, 0.1) is 5.69 Å². The molecule has 0 bridgehead atoms. The second kappa shape index (κ2) is 7.00. The fourth-order valence-corrected chi connectivity index (χ4v) is 3.29. The number of aromatic amines is 1. The highest BCUT2D eigenvalue weighted by molar-refractivity contribution is 5.54. The topological polar surface area (TPSA) is 49.0 Å². The van der Waals surface area contributed by atoms with Crippen molar-refractivity contribution in [3.63, 3.8) is 0 Å². The lowest BCUT2D eigenvalue weighted by Gasteiger charge is -2.28. The molecule has 3 aromatic rings. The number of rotatable bonds is 3. The molecule has 0 fully saturated rings. The fraction of sp³-hybridized carbons (Fsp3) is 0.200. The standard InChI is InChI=1S/C20H16F3N3O/c21-15-7-6-13(17(22)18(15)23)10-26-9-8-14-16(11-26)24-19(25-20(14)27)12-4-2-1-3-5-12/h1-7H,8-11H2,(H,24,25,27). The van der Waals surface area contributed by atoms with Gasteiger partial charge in [-0.15, -0.1) is 0 Å². The minimum atomic E-state index is -1.47. The quantitative estimate of drug-likeness (QED) is 0.718. The Balaban J connectivity index is 1.62. The summed E-state index contributed by atoms with van der Waals surface area (Å²) in [7, 11) is 0. The molecule has 0 radical (unpaired) electrons. The second-order valence-corrected chi connectivity index (χ2v) is 6.50. The van der Waals surface area contributed by atoms with Crippen molar-refractivity contribution in [2.24, 2.45) is 0 Å². The van der Waals surface area contributed by atoms with Crippen molar-refractivity contribution >= 4 is 0 Å². The van der Waals surface area contributed by atoms with Crippen molar-refractivity contribution in [1.29, 1.82) is 0 Å². The van der Waals surface area contributed by atoms with Gasteiger partial charge in [0, 0.05) is 36.3 Å². The third-order valence-corrected chi connectivity index (χ3v) is 4.71. The van der Waals surface area contributed by atoms with E-state index in [9.17, 15) is 18.0 Å². The summed E-state index contributed by atoms with van der Waals surface area (Å²) in [5, 5.41) is 0. The van der Waals surface area contributed by atoms with Crippen molar-refractivity contribution in [1.82, 2.24) is 14.9 Å². The largest absolute Gasteiger partial charge is 0.306 e. The van der Waals surface area contributed by atoms with E-state index < -0.39 is 17.5 Å². The van der Waals surface area contributed by atoms with Crippen LogP contribution in [0.5, 0.6) is 0 Å². The molecular formula is C20H16F3N3O. The van der Waals surface area contributed by atoms with Gasteiger partial charge in [0.2, 0.25) is 0 Å². The molecule has 7 heteroatoms. The number of fused-ring (bicyclic) bond motifs is 1. The molecule has 0 amide bonds. The molecule has 0 spiro atoms. The van der Waals surface area contributed by atoms with Crippen molar-refractivity contribution in [2.75, 3.05) is 6.54 Å². The van der Waals surface area contributed by atoms with E-state index in [2.05, 4.69) is 9.97 Å². The smallest absolute Gasteiger partial charge is 0.254 e. The van der Waals surface area contributed by atoms with Crippen LogP contribution < -0.4 is 5.56 Å². The maximum Gasteiger partial charge on any atom is 0.254 e. The van der Waals surface area contributed by atoms with Gasteiger partial charge in [0.1, 0.15) is 5.82 Å². The third kappa shape index (κ3) is 3.38. The van der Waals surface area contributed by atoms with Gasteiger partial charge in [0.25, 0.3) is 5.56 Å². The van der Waals surface area contributed by atoms with Gasteiger partial charge in [-0.2, -0.15) is 0 Å². The van der Waals surface area contributed by atoms with Crippen LogP contribution in [0.15, 0.2) is 47.3 Å². The van der Waals surface area contributed by atoms with Crippen LogP contribution >= 0.6 is 0 Å². The van der Waals surface area contributed by atoms with E-state index in [0.717, 1.165) is 11.6 Å². The molecule has 4 rings (SSSR count). The van der Waals surface area contributed by atoms with Crippen LogP contribution in [0.4, 0.5) is 13.2 Å². The number of hydrogen-bond acceptors (Lipinski definition) is 3. The Morgan fingerprint density at radius 1 is 1.04 bits per heavy atom. The van der Waals surface area contributed by atoms with Gasteiger partial charge in [-0.3, -0.25) is 9.69 Å². The summed E-state index contributed by atoms with van der Waals surface area (Å²) in [6, 6.07) is 11.4. The summed E-state index contributed by atoms with van der Waals surface area (Å²) in [4.78, 5) is 21.6. The van der Waals surface area contributed by atoms with E-state index in [-0.39, 0.29) is 17.7 Å². The molecular weight excluding hydrogens is 355 g/mol. The van der Waals surface area contributed by atoms with Crippen LogP contribution in [0.3, 0.4) is 0 Å². The number of H-pyrrole nitrogens is 1. The van der Waals surface area contributed by atoms with Crippen LogP contribution in [0.1, 0.15) is 16.8 Å². The Labute approximate surface area is 153 Å². The first-order valence-electron chi connectivity index (χ1n) is 8.55. The lowest BCUT2D eigenvalue weighted by Crippen LogP contribution is -2.35. The van der Waals surface area contributed by atoms with Crippen LogP contribution in [0.25, 0.3) is 11.4 Å². The van der Waals surface area contributed by atoms with Gasteiger partial charge >= 0.3 is 0 Å². The molecule has 2 heterocycles. The van der Waals surface area contributed by atoms with E-state index in [1.807, 2.05) is 35.2 Å². The molecule has 138 valence electrons. The Hall–Kier alpha value is -2.93. The van der Waals surface area contributed by atoms with Gasteiger partial charge in [0.15, 0.2) is 17.5 Å². The fourth-order valence-electron chi connectivity index (χ4n) is 3.29. The molecule has 4 nitrogen and oxygen atoms in total. The molecule has 27 heavy (non-hydrogen) atoms. The zero-order chi connectivity index (χ0) is 19.0. The van der Waals surface area contributed by atoms with Gasteiger partial charge < -0.3 is 4.98 Å². The first kappa shape index (κ1) is 17.5. The number of benzene rings is 2. The van der Waals surface area contributed by atoms with E-state index >= 15 is 0 Å². The number of nitrogens with one attached hydrogen (secondary N) is 1. The molecule has 1 N–H and O–H groups in total. The SMILES string of the molecule is O=c1[nH]c(-c2ccccc2)nc2c1CCN(Cc1ccc(F)c(F)c1F)C2. The maximum atomic E-state index is 14.0. The van der Waals surface area contributed by atoms with Crippen molar-refractivity contribution in [2.45, 2.75) is 19.5 Å². The average molecular weight is 371 g/mol. The molecule has 0 saturated heterocycles. The van der Waals surface area contributed by atoms with Crippen LogP contribution in [0.2, 0.25) is 0 Å². The first-order valence-corrected chi connectivity index (χ1v) is 8.55. The minimum absolute atomic E-state index is 0.0745. The highest BCUT2D eigenvalue weighted by Crippen LogP contribution is 2.22. The van der Waals surface area contributed by atoms with E-state index in [1.165, 1.54) is 6.07 Å². The summed E-state index contributed by atoms with van der Waals surface area (Å²) in [5.41, 5.74) is 1.91. The van der Waals surface area contributed by atoms with Crippen LogP contribution in [0, 0.1) is 17.5 Å². The lowest BCUT2D eigenvalue weighted by molar-refractivity contribution is 0.236. The predicted octanol–water partition coefficient (Wildman–Crippen LogP) is 3.41. The summed E-state index contributed by atoms with van der Waals surface area (Å²) in [6.07, 6.45) is 0.456. The Morgan fingerprint density at radius 2 is 1.81 bits per heavy atom. The maximum absolute atomic E-state index is 14.0. The number of halogens is 3. The number of hydrogen-bond donors (Lipinski definition) is 1. The molecule has 0 aliphatic carbocycles. The van der Waals surface area contributed by atoms with E-state index in [0.29, 0.717) is 36.6 Å².